The number of hydrogen-bond donors (Lipinski definition) is 6. The molecular weight excluding hydrogens is 538 g/mol. The number of ether oxygens (including phenoxy) is 2. The van der Waals surface area contributed by atoms with Crippen LogP contribution in [0.2, 0.25) is 5.02 Å². The van der Waals surface area contributed by atoms with Crippen LogP contribution in [0.15, 0.2) is 54.6 Å². The molecule has 218 valence electrons. The van der Waals surface area contributed by atoms with Gasteiger partial charge in [-0.1, -0.05) is 48.0 Å². The fraction of sp³-hybridized carbons (Fsp3) is 0.500. The van der Waals surface area contributed by atoms with Gasteiger partial charge in [-0.3, -0.25) is 4.79 Å². The number of halogens is 1. The minimum Gasteiger partial charge on any atom is -0.490 e. The zero-order valence-corrected chi connectivity index (χ0v) is 23.0. The Balaban J connectivity index is 0.000000398. The molecule has 2 saturated heterocycles. The van der Waals surface area contributed by atoms with Gasteiger partial charge in [0.15, 0.2) is 0 Å². The second-order valence-corrected chi connectivity index (χ2v) is 10.9. The van der Waals surface area contributed by atoms with Crippen molar-refractivity contribution in [2.24, 2.45) is 5.92 Å². The Hall–Kier alpha value is -2.50. The number of hydrogen-bond acceptors (Lipinski definition) is 8. The Morgan fingerprint density at radius 1 is 1.05 bits per heavy atom. The van der Waals surface area contributed by atoms with Crippen LogP contribution in [0.5, 0.6) is 5.75 Å². The van der Waals surface area contributed by atoms with Crippen LogP contribution in [-0.2, 0) is 16.0 Å². The SMILES string of the molecule is O=C(O)[C@@H]1CCCN1.OC[C@H]1O[C@@H](c2ccc(Cl)c(Cc3ccc(OC/C=C/C4CC4)cc3)c2)[C@H](O)[C@@H](O)[C@@H]1O. The first-order valence-electron chi connectivity index (χ1n) is 13.7. The summed E-state index contributed by atoms with van der Waals surface area (Å²) in [5.41, 5.74) is 2.49. The van der Waals surface area contributed by atoms with Gasteiger partial charge in [-0.05, 0) is 79.5 Å². The van der Waals surface area contributed by atoms with Gasteiger partial charge in [-0.15, -0.1) is 0 Å². The lowest BCUT2D eigenvalue weighted by Gasteiger charge is -2.40. The summed E-state index contributed by atoms with van der Waals surface area (Å²) in [6.07, 6.45) is 3.21. The van der Waals surface area contributed by atoms with Crippen molar-refractivity contribution in [1.82, 2.24) is 5.32 Å². The van der Waals surface area contributed by atoms with Crippen LogP contribution in [0.4, 0.5) is 0 Å². The molecular formula is C30H38ClNO8. The van der Waals surface area contributed by atoms with E-state index < -0.39 is 43.1 Å². The van der Waals surface area contributed by atoms with Crippen LogP contribution >= 0.6 is 11.6 Å². The van der Waals surface area contributed by atoms with E-state index in [2.05, 4.69) is 17.5 Å². The van der Waals surface area contributed by atoms with Gasteiger partial charge in [0.2, 0.25) is 0 Å². The summed E-state index contributed by atoms with van der Waals surface area (Å²) in [5.74, 6) is 0.822. The summed E-state index contributed by atoms with van der Waals surface area (Å²) < 4.78 is 11.4. The van der Waals surface area contributed by atoms with Gasteiger partial charge >= 0.3 is 5.97 Å². The van der Waals surface area contributed by atoms with Gasteiger partial charge in [0.1, 0.15) is 48.9 Å². The molecule has 0 bridgehead atoms. The third-order valence-electron chi connectivity index (χ3n) is 7.34. The predicted octanol–water partition coefficient (Wildman–Crippen LogP) is 2.61. The van der Waals surface area contributed by atoms with E-state index in [0.29, 0.717) is 23.6 Å². The number of aliphatic hydroxyl groups excluding tert-OH is 4. The van der Waals surface area contributed by atoms with Crippen LogP contribution in [-0.4, -0.2) is 81.7 Å². The van der Waals surface area contributed by atoms with Crippen molar-refractivity contribution < 1.29 is 39.8 Å². The molecule has 10 heteroatoms. The number of benzene rings is 2. The molecule has 0 radical (unpaired) electrons. The maximum Gasteiger partial charge on any atom is 0.320 e. The molecule has 6 atom stereocenters. The Labute approximate surface area is 239 Å². The van der Waals surface area contributed by atoms with Crippen LogP contribution in [0.25, 0.3) is 0 Å². The van der Waals surface area contributed by atoms with Gasteiger partial charge in [-0.25, -0.2) is 0 Å². The van der Waals surface area contributed by atoms with Gasteiger partial charge in [-0.2, -0.15) is 0 Å². The highest BCUT2D eigenvalue weighted by Gasteiger charge is 2.44. The first-order valence-corrected chi connectivity index (χ1v) is 14.1. The lowest BCUT2D eigenvalue weighted by Crippen LogP contribution is -2.55. The molecule has 40 heavy (non-hydrogen) atoms. The average molecular weight is 576 g/mol. The molecule has 3 fully saturated rings. The zero-order chi connectivity index (χ0) is 28.6. The molecule has 9 nitrogen and oxygen atoms in total. The molecule has 0 unspecified atom stereocenters. The summed E-state index contributed by atoms with van der Waals surface area (Å²) in [6.45, 7) is 0.951. The van der Waals surface area contributed by atoms with Crippen molar-refractivity contribution in [2.75, 3.05) is 19.8 Å². The van der Waals surface area contributed by atoms with Crippen molar-refractivity contribution in [3.05, 3.63) is 76.3 Å². The van der Waals surface area contributed by atoms with Crippen LogP contribution < -0.4 is 10.1 Å². The third-order valence-corrected chi connectivity index (χ3v) is 7.71. The number of carboxylic acid groups (broad SMARTS) is 1. The quantitative estimate of drug-likeness (QED) is 0.248. The predicted molar refractivity (Wildman–Crippen MR) is 149 cm³/mol. The number of carbonyl (C=O) groups is 1. The summed E-state index contributed by atoms with van der Waals surface area (Å²) in [6, 6.07) is 12.8. The molecule has 2 aliphatic heterocycles. The van der Waals surface area contributed by atoms with Gasteiger partial charge in [0.25, 0.3) is 0 Å². The minimum absolute atomic E-state index is 0.269. The Kier molecular flexibility index (Phi) is 11.0. The number of rotatable bonds is 9. The van der Waals surface area contributed by atoms with Gasteiger partial charge < -0.3 is 40.3 Å². The van der Waals surface area contributed by atoms with E-state index in [0.717, 1.165) is 42.2 Å². The number of nitrogens with one attached hydrogen (secondary N) is 1. The largest absolute Gasteiger partial charge is 0.490 e. The maximum atomic E-state index is 10.4. The Morgan fingerprint density at radius 2 is 1.80 bits per heavy atom. The van der Waals surface area contributed by atoms with Crippen LogP contribution in [0, 0.1) is 5.92 Å². The normalized spacial score (nSPS) is 28.2. The molecule has 0 amide bonds. The van der Waals surface area contributed by atoms with E-state index in [9.17, 15) is 25.2 Å². The van der Waals surface area contributed by atoms with E-state index in [4.69, 9.17) is 26.2 Å². The zero-order valence-electron chi connectivity index (χ0n) is 22.2. The minimum atomic E-state index is -1.42. The molecule has 2 heterocycles. The van der Waals surface area contributed by atoms with E-state index in [1.165, 1.54) is 12.8 Å². The first-order chi connectivity index (χ1) is 19.3. The molecule has 2 aromatic carbocycles. The molecule has 1 aliphatic carbocycles. The van der Waals surface area contributed by atoms with Crippen LogP contribution in [0.1, 0.15) is 48.5 Å². The standard InChI is InChI=1S/C25H29ClO6.C5H9NO2/c26-20-10-7-17(25-24(30)23(29)22(28)21(14-27)32-25)13-18(20)12-16-5-8-19(9-6-16)31-11-1-2-15-3-4-15;7-5(8)4-2-1-3-6-4/h1-2,5-10,13,15,21-25,27-30H,3-4,11-12,14H2;4,6H,1-3H2,(H,7,8)/b2-1+;/t21-,22-,23+,24-,25+;4-/m10/s1. The summed E-state index contributed by atoms with van der Waals surface area (Å²) in [4.78, 5) is 10.1. The number of aliphatic hydroxyl groups is 4. The van der Waals surface area contributed by atoms with E-state index >= 15 is 0 Å². The van der Waals surface area contributed by atoms with Crippen LogP contribution in [0.3, 0.4) is 0 Å². The smallest absolute Gasteiger partial charge is 0.320 e. The highest BCUT2D eigenvalue weighted by Crippen LogP contribution is 2.34. The molecule has 3 aliphatic rings. The third kappa shape index (κ3) is 8.27. The highest BCUT2D eigenvalue weighted by molar-refractivity contribution is 6.31. The lowest BCUT2D eigenvalue weighted by atomic mass is 9.90. The molecule has 6 N–H and O–H groups in total. The molecule has 5 rings (SSSR count). The Bertz CT molecular complexity index is 1130. The van der Waals surface area contributed by atoms with E-state index in [1.54, 1.807) is 12.1 Å². The molecule has 2 aromatic rings. The van der Waals surface area contributed by atoms with Crippen molar-refractivity contribution in [2.45, 2.75) is 68.7 Å². The molecule has 1 saturated carbocycles. The van der Waals surface area contributed by atoms with E-state index in [1.807, 2.05) is 30.3 Å². The number of allylic oxidation sites excluding steroid dienone is 1. The molecule has 0 aromatic heterocycles. The summed E-state index contributed by atoms with van der Waals surface area (Å²) in [7, 11) is 0. The Morgan fingerprint density at radius 3 is 2.40 bits per heavy atom. The van der Waals surface area contributed by atoms with Crippen molar-refractivity contribution >= 4 is 17.6 Å². The number of carboxylic acids is 1. The number of aliphatic carboxylic acids is 1. The second kappa shape index (κ2) is 14.4. The molecule has 0 spiro atoms. The monoisotopic (exact) mass is 575 g/mol. The van der Waals surface area contributed by atoms with Crippen molar-refractivity contribution in [1.29, 1.82) is 0 Å². The first kappa shape index (κ1) is 30.5. The van der Waals surface area contributed by atoms with Gasteiger partial charge in [0, 0.05) is 5.02 Å². The van der Waals surface area contributed by atoms with Crippen molar-refractivity contribution in [3.8, 4) is 5.75 Å². The highest BCUT2D eigenvalue weighted by atomic mass is 35.5. The average Bonchev–Trinajstić information content (AvgIpc) is 3.61. The fourth-order valence-electron chi connectivity index (χ4n) is 4.78. The summed E-state index contributed by atoms with van der Waals surface area (Å²) >= 11 is 6.41. The maximum absolute atomic E-state index is 10.4. The van der Waals surface area contributed by atoms with Gasteiger partial charge in [0.05, 0.1) is 6.61 Å². The topological polar surface area (TPSA) is 149 Å². The second-order valence-electron chi connectivity index (χ2n) is 10.5. The van der Waals surface area contributed by atoms with Crippen molar-refractivity contribution in [3.63, 3.8) is 0 Å². The fourth-order valence-corrected chi connectivity index (χ4v) is 4.97. The summed E-state index contributed by atoms with van der Waals surface area (Å²) in [5, 5.41) is 51.7. The van der Waals surface area contributed by atoms with E-state index in [-0.39, 0.29) is 6.04 Å². The lowest BCUT2D eigenvalue weighted by molar-refractivity contribution is -0.231.